The second kappa shape index (κ2) is 9.28. The molecule has 1 fully saturated rings. The lowest BCUT2D eigenvalue weighted by molar-refractivity contribution is 0.0695. The molecule has 2 aromatic rings. The van der Waals surface area contributed by atoms with Gasteiger partial charge in [-0.2, -0.15) is 0 Å². The predicted molar refractivity (Wildman–Crippen MR) is 112 cm³/mol. The van der Waals surface area contributed by atoms with E-state index in [0.29, 0.717) is 23.1 Å². The standard InChI is InChI=1S/C22H27ClN2O3/c1-15-12-19(13-16(2)21(15)22(26)27)28-11-3-4-17-7-9-25(10-8-17)20-6-5-18(23)14-24-20/h5-6,12-14,17H,3-4,7-11H2,1-2H3,(H,26,27). The smallest absolute Gasteiger partial charge is 0.336 e. The van der Waals surface area contributed by atoms with Gasteiger partial charge in [0.1, 0.15) is 11.6 Å². The maximum atomic E-state index is 11.3. The highest BCUT2D eigenvalue weighted by Gasteiger charge is 2.20. The molecular formula is C22H27ClN2O3. The summed E-state index contributed by atoms with van der Waals surface area (Å²) in [6.07, 6.45) is 6.17. The van der Waals surface area contributed by atoms with Crippen LogP contribution in [0.4, 0.5) is 5.82 Å². The van der Waals surface area contributed by atoms with Gasteiger partial charge in [-0.05, 0) is 80.8 Å². The van der Waals surface area contributed by atoms with Gasteiger partial charge in [-0.25, -0.2) is 9.78 Å². The SMILES string of the molecule is Cc1cc(OCCCC2CCN(c3ccc(Cl)cn3)CC2)cc(C)c1C(=O)O. The van der Waals surface area contributed by atoms with Crippen LogP contribution in [-0.4, -0.2) is 35.8 Å². The van der Waals surface area contributed by atoms with E-state index in [4.69, 9.17) is 16.3 Å². The molecule has 1 aromatic heterocycles. The first-order valence-corrected chi connectivity index (χ1v) is 10.2. The number of halogens is 1. The summed E-state index contributed by atoms with van der Waals surface area (Å²) in [7, 11) is 0. The van der Waals surface area contributed by atoms with Gasteiger partial charge in [0.2, 0.25) is 0 Å². The van der Waals surface area contributed by atoms with Crippen molar-refractivity contribution in [3.8, 4) is 5.75 Å². The van der Waals surface area contributed by atoms with E-state index >= 15 is 0 Å². The molecular weight excluding hydrogens is 376 g/mol. The fourth-order valence-corrected chi connectivity index (χ4v) is 4.02. The Balaban J connectivity index is 1.41. The number of carboxylic acid groups (broad SMARTS) is 1. The maximum Gasteiger partial charge on any atom is 0.336 e. The molecule has 0 radical (unpaired) electrons. The minimum Gasteiger partial charge on any atom is -0.494 e. The molecule has 28 heavy (non-hydrogen) atoms. The number of carboxylic acids is 1. The molecule has 6 heteroatoms. The molecule has 1 aromatic carbocycles. The summed E-state index contributed by atoms with van der Waals surface area (Å²) in [6.45, 7) is 6.33. The number of carbonyl (C=O) groups is 1. The van der Waals surface area contributed by atoms with Crippen LogP contribution in [0.15, 0.2) is 30.5 Å². The number of aromatic carboxylic acids is 1. The minimum absolute atomic E-state index is 0.370. The maximum absolute atomic E-state index is 11.3. The Hall–Kier alpha value is -2.27. The third kappa shape index (κ3) is 5.16. The van der Waals surface area contributed by atoms with Gasteiger partial charge < -0.3 is 14.7 Å². The molecule has 0 bridgehead atoms. The molecule has 0 spiro atoms. The molecule has 1 N–H and O–H groups in total. The van der Waals surface area contributed by atoms with Crippen molar-refractivity contribution in [3.05, 3.63) is 52.2 Å². The minimum atomic E-state index is -0.887. The lowest BCUT2D eigenvalue weighted by Gasteiger charge is -2.32. The zero-order valence-corrected chi connectivity index (χ0v) is 17.2. The van der Waals surface area contributed by atoms with Crippen molar-refractivity contribution in [2.75, 3.05) is 24.6 Å². The normalized spacial score (nSPS) is 14.9. The Morgan fingerprint density at radius 1 is 1.25 bits per heavy atom. The molecule has 0 saturated carbocycles. The molecule has 2 heterocycles. The average molecular weight is 403 g/mol. The number of benzene rings is 1. The van der Waals surface area contributed by atoms with Crippen molar-refractivity contribution in [1.82, 2.24) is 4.98 Å². The van der Waals surface area contributed by atoms with Gasteiger partial charge in [0, 0.05) is 19.3 Å². The monoisotopic (exact) mass is 402 g/mol. The number of ether oxygens (including phenoxy) is 1. The fraction of sp³-hybridized carbons (Fsp3) is 0.455. The third-order valence-electron chi connectivity index (χ3n) is 5.40. The van der Waals surface area contributed by atoms with Gasteiger partial charge in [0.15, 0.2) is 0 Å². The van der Waals surface area contributed by atoms with Crippen LogP contribution in [0.2, 0.25) is 5.02 Å². The Morgan fingerprint density at radius 2 is 1.93 bits per heavy atom. The van der Waals surface area contributed by atoms with E-state index in [1.165, 1.54) is 0 Å². The number of hydrogen-bond acceptors (Lipinski definition) is 4. The molecule has 0 unspecified atom stereocenters. The first-order chi connectivity index (χ1) is 13.4. The highest BCUT2D eigenvalue weighted by Crippen LogP contribution is 2.26. The summed E-state index contributed by atoms with van der Waals surface area (Å²) in [4.78, 5) is 18.0. The van der Waals surface area contributed by atoms with E-state index in [1.807, 2.05) is 38.1 Å². The lowest BCUT2D eigenvalue weighted by Crippen LogP contribution is -2.34. The Bertz CT molecular complexity index is 792. The number of rotatable bonds is 7. The summed E-state index contributed by atoms with van der Waals surface area (Å²) < 4.78 is 5.87. The molecule has 3 rings (SSSR count). The van der Waals surface area contributed by atoms with Gasteiger partial charge in [0.25, 0.3) is 0 Å². The Morgan fingerprint density at radius 3 is 2.50 bits per heavy atom. The van der Waals surface area contributed by atoms with Crippen LogP contribution in [0, 0.1) is 19.8 Å². The van der Waals surface area contributed by atoms with Gasteiger partial charge in [-0.3, -0.25) is 0 Å². The van der Waals surface area contributed by atoms with Crippen LogP contribution in [0.3, 0.4) is 0 Å². The lowest BCUT2D eigenvalue weighted by atomic mass is 9.92. The number of hydrogen-bond donors (Lipinski definition) is 1. The zero-order valence-electron chi connectivity index (χ0n) is 16.4. The van der Waals surface area contributed by atoms with Crippen LogP contribution in [0.5, 0.6) is 5.75 Å². The van der Waals surface area contributed by atoms with E-state index < -0.39 is 5.97 Å². The first-order valence-electron chi connectivity index (χ1n) is 9.78. The number of aryl methyl sites for hydroxylation is 2. The van der Waals surface area contributed by atoms with Gasteiger partial charge >= 0.3 is 5.97 Å². The highest BCUT2D eigenvalue weighted by molar-refractivity contribution is 6.30. The number of anilines is 1. The Kier molecular flexibility index (Phi) is 6.79. The number of nitrogens with zero attached hydrogens (tertiary/aromatic N) is 2. The highest BCUT2D eigenvalue weighted by atomic mass is 35.5. The van der Waals surface area contributed by atoms with Crippen molar-refractivity contribution < 1.29 is 14.6 Å². The summed E-state index contributed by atoms with van der Waals surface area (Å²) >= 11 is 5.91. The largest absolute Gasteiger partial charge is 0.494 e. The molecule has 5 nitrogen and oxygen atoms in total. The Labute approximate surface area is 171 Å². The average Bonchev–Trinajstić information content (AvgIpc) is 2.65. The van der Waals surface area contributed by atoms with Crippen molar-refractivity contribution >= 4 is 23.4 Å². The third-order valence-corrected chi connectivity index (χ3v) is 5.62. The van der Waals surface area contributed by atoms with E-state index in [0.717, 1.165) is 61.5 Å². The van der Waals surface area contributed by atoms with Gasteiger partial charge in [-0.1, -0.05) is 11.6 Å². The zero-order chi connectivity index (χ0) is 20.1. The van der Waals surface area contributed by atoms with Crippen LogP contribution >= 0.6 is 11.6 Å². The van der Waals surface area contributed by atoms with Crippen molar-refractivity contribution in [3.63, 3.8) is 0 Å². The molecule has 1 saturated heterocycles. The van der Waals surface area contributed by atoms with Crippen molar-refractivity contribution in [2.24, 2.45) is 5.92 Å². The number of pyridine rings is 1. The van der Waals surface area contributed by atoms with E-state index in [9.17, 15) is 9.90 Å². The quantitative estimate of drug-likeness (QED) is 0.651. The second-order valence-corrected chi connectivity index (χ2v) is 7.93. The molecule has 1 aliphatic rings. The van der Waals surface area contributed by atoms with E-state index in [-0.39, 0.29) is 0 Å². The summed E-state index contributed by atoms with van der Waals surface area (Å²) in [5.41, 5.74) is 1.85. The summed E-state index contributed by atoms with van der Waals surface area (Å²) in [6, 6.07) is 7.50. The topological polar surface area (TPSA) is 62.7 Å². The molecule has 1 aliphatic heterocycles. The summed E-state index contributed by atoms with van der Waals surface area (Å²) in [5, 5.41) is 9.91. The molecule has 150 valence electrons. The number of piperidine rings is 1. The molecule has 0 amide bonds. The fourth-order valence-electron chi connectivity index (χ4n) is 3.91. The van der Waals surface area contributed by atoms with Crippen molar-refractivity contribution in [2.45, 2.75) is 39.5 Å². The van der Waals surface area contributed by atoms with Gasteiger partial charge in [-0.15, -0.1) is 0 Å². The van der Waals surface area contributed by atoms with Crippen LogP contribution in [0.25, 0.3) is 0 Å². The van der Waals surface area contributed by atoms with Crippen LogP contribution < -0.4 is 9.64 Å². The van der Waals surface area contributed by atoms with E-state index in [1.54, 1.807) is 6.20 Å². The number of aromatic nitrogens is 1. The van der Waals surface area contributed by atoms with E-state index in [2.05, 4.69) is 9.88 Å². The second-order valence-electron chi connectivity index (χ2n) is 7.49. The predicted octanol–water partition coefficient (Wildman–Crippen LogP) is 5.13. The molecule has 0 aliphatic carbocycles. The summed E-state index contributed by atoms with van der Waals surface area (Å²) in [5.74, 6) is 1.58. The van der Waals surface area contributed by atoms with Gasteiger partial charge in [0.05, 0.1) is 17.2 Å². The molecule has 0 atom stereocenters. The van der Waals surface area contributed by atoms with Crippen molar-refractivity contribution in [1.29, 1.82) is 0 Å². The van der Waals surface area contributed by atoms with Crippen LogP contribution in [-0.2, 0) is 0 Å². The first kappa shape index (κ1) is 20.5. The van der Waals surface area contributed by atoms with Crippen LogP contribution in [0.1, 0.15) is 47.2 Å².